The van der Waals surface area contributed by atoms with Crippen molar-refractivity contribution < 1.29 is 19.2 Å². The third-order valence-corrected chi connectivity index (χ3v) is 3.05. The Bertz CT molecular complexity index is 523. The highest BCUT2D eigenvalue weighted by atomic mass is 35.5. The molecule has 21 heavy (non-hydrogen) atoms. The summed E-state index contributed by atoms with van der Waals surface area (Å²) in [5.74, 6) is -0.253. The van der Waals surface area contributed by atoms with Crippen LogP contribution in [0.2, 0.25) is 0 Å². The first-order valence-electron chi connectivity index (χ1n) is 6.11. The second kappa shape index (κ2) is 7.80. The molecule has 1 aromatic rings. The number of nitrogens with zero attached hydrogens (tertiary/aromatic N) is 2. The van der Waals surface area contributed by atoms with E-state index in [-0.39, 0.29) is 34.8 Å². The maximum Gasteiger partial charge on any atom is 0.311 e. The molecule has 0 saturated carbocycles. The number of halogens is 1. The molecule has 1 unspecified atom stereocenters. The fraction of sp³-hybridized carbons (Fsp3) is 0.462. The molecule has 1 atom stereocenters. The van der Waals surface area contributed by atoms with Crippen LogP contribution in [0.5, 0.6) is 5.75 Å². The van der Waals surface area contributed by atoms with E-state index in [1.807, 2.05) is 0 Å². The molecule has 0 aliphatic carbocycles. The maximum absolute atomic E-state index is 12.2. The number of ether oxygens (including phenoxy) is 2. The summed E-state index contributed by atoms with van der Waals surface area (Å²) in [7, 11) is 4.42. The predicted molar refractivity (Wildman–Crippen MR) is 78.1 cm³/mol. The zero-order valence-electron chi connectivity index (χ0n) is 12.0. The van der Waals surface area contributed by atoms with Crippen LogP contribution < -0.4 is 4.74 Å². The van der Waals surface area contributed by atoms with E-state index in [0.29, 0.717) is 6.61 Å². The van der Waals surface area contributed by atoms with E-state index in [9.17, 15) is 14.9 Å². The van der Waals surface area contributed by atoms with Crippen molar-refractivity contribution in [2.24, 2.45) is 0 Å². The molecule has 0 fully saturated rings. The lowest BCUT2D eigenvalue weighted by molar-refractivity contribution is -0.385. The van der Waals surface area contributed by atoms with Gasteiger partial charge in [0, 0.05) is 32.3 Å². The van der Waals surface area contributed by atoms with Crippen LogP contribution in [0.1, 0.15) is 10.4 Å². The van der Waals surface area contributed by atoms with Crippen LogP contribution in [0.4, 0.5) is 5.69 Å². The molecule has 0 aliphatic heterocycles. The Balaban J connectivity index is 2.92. The minimum absolute atomic E-state index is 0.105. The summed E-state index contributed by atoms with van der Waals surface area (Å²) in [5.41, 5.74) is -0.0534. The summed E-state index contributed by atoms with van der Waals surface area (Å²) in [4.78, 5) is 24.0. The number of hydrogen-bond donors (Lipinski definition) is 0. The summed E-state index contributed by atoms with van der Waals surface area (Å²) >= 11 is 5.99. The average molecular weight is 317 g/mol. The fourth-order valence-electron chi connectivity index (χ4n) is 1.80. The standard InChI is InChI=1S/C13H17ClN2O5/c1-15(7-10(14)8-20-2)13(17)9-4-5-12(21-3)11(6-9)16(18)19/h4-6,10H,7-8H2,1-3H3. The number of nitro benzene ring substituents is 1. The van der Waals surface area contributed by atoms with Crippen LogP contribution in [0.3, 0.4) is 0 Å². The van der Waals surface area contributed by atoms with Crippen LogP contribution in [-0.2, 0) is 4.74 Å². The summed E-state index contributed by atoms with van der Waals surface area (Å²) in [6.07, 6.45) is 0. The molecule has 1 rings (SSSR count). The van der Waals surface area contributed by atoms with Gasteiger partial charge in [-0.2, -0.15) is 0 Å². The lowest BCUT2D eigenvalue weighted by Gasteiger charge is -2.20. The number of benzene rings is 1. The number of hydrogen-bond acceptors (Lipinski definition) is 5. The van der Waals surface area contributed by atoms with Gasteiger partial charge in [0.25, 0.3) is 5.91 Å². The van der Waals surface area contributed by atoms with Crippen LogP contribution in [0.25, 0.3) is 0 Å². The van der Waals surface area contributed by atoms with Crippen molar-refractivity contribution in [2.75, 3.05) is 34.4 Å². The summed E-state index contributed by atoms with van der Waals surface area (Å²) in [6.45, 7) is 0.579. The summed E-state index contributed by atoms with van der Waals surface area (Å²) in [6, 6.07) is 4.06. The minimum atomic E-state index is -0.592. The molecule has 116 valence electrons. The van der Waals surface area contributed by atoms with Gasteiger partial charge >= 0.3 is 5.69 Å². The van der Waals surface area contributed by atoms with Gasteiger partial charge in [0.2, 0.25) is 0 Å². The number of rotatable bonds is 7. The molecule has 8 heteroatoms. The number of alkyl halides is 1. The molecule has 1 aromatic carbocycles. The van der Waals surface area contributed by atoms with Gasteiger partial charge in [0.1, 0.15) is 0 Å². The minimum Gasteiger partial charge on any atom is -0.490 e. The van der Waals surface area contributed by atoms with E-state index < -0.39 is 4.92 Å². The van der Waals surface area contributed by atoms with Crippen LogP contribution >= 0.6 is 11.6 Å². The smallest absolute Gasteiger partial charge is 0.311 e. The molecule has 0 bridgehead atoms. The Labute approximate surface area is 127 Å². The van der Waals surface area contributed by atoms with Gasteiger partial charge < -0.3 is 14.4 Å². The van der Waals surface area contributed by atoms with Gasteiger partial charge in [-0.3, -0.25) is 14.9 Å². The lowest BCUT2D eigenvalue weighted by Crippen LogP contribution is -2.33. The van der Waals surface area contributed by atoms with Crippen molar-refractivity contribution in [3.63, 3.8) is 0 Å². The monoisotopic (exact) mass is 316 g/mol. The largest absolute Gasteiger partial charge is 0.490 e. The third-order valence-electron chi connectivity index (χ3n) is 2.79. The zero-order chi connectivity index (χ0) is 16.0. The Hall–Kier alpha value is -1.86. The van der Waals surface area contributed by atoms with Crippen molar-refractivity contribution in [3.05, 3.63) is 33.9 Å². The van der Waals surface area contributed by atoms with E-state index in [1.54, 1.807) is 7.05 Å². The second-order valence-electron chi connectivity index (χ2n) is 4.38. The molecular weight excluding hydrogens is 300 g/mol. The van der Waals surface area contributed by atoms with E-state index in [2.05, 4.69) is 0 Å². The molecule has 1 amide bonds. The van der Waals surface area contributed by atoms with Crippen molar-refractivity contribution in [1.82, 2.24) is 4.90 Å². The van der Waals surface area contributed by atoms with Crippen LogP contribution in [0, 0.1) is 10.1 Å². The number of methoxy groups -OCH3 is 2. The first kappa shape index (κ1) is 17.2. The van der Waals surface area contributed by atoms with Crippen molar-refractivity contribution >= 4 is 23.2 Å². The topological polar surface area (TPSA) is 81.9 Å². The summed E-state index contributed by atoms with van der Waals surface area (Å²) < 4.78 is 9.79. The molecule has 0 N–H and O–H groups in total. The van der Waals surface area contributed by atoms with Crippen molar-refractivity contribution in [3.8, 4) is 5.75 Å². The van der Waals surface area contributed by atoms with E-state index >= 15 is 0 Å². The first-order valence-corrected chi connectivity index (χ1v) is 6.55. The quantitative estimate of drug-likeness (QED) is 0.436. The average Bonchev–Trinajstić information content (AvgIpc) is 2.45. The Morgan fingerprint density at radius 3 is 2.67 bits per heavy atom. The highest BCUT2D eigenvalue weighted by molar-refractivity contribution is 6.21. The maximum atomic E-state index is 12.2. The van der Waals surface area contributed by atoms with Gasteiger partial charge in [-0.1, -0.05) is 0 Å². The van der Waals surface area contributed by atoms with E-state index in [4.69, 9.17) is 21.1 Å². The van der Waals surface area contributed by atoms with Gasteiger partial charge in [-0.15, -0.1) is 11.6 Å². The van der Waals surface area contributed by atoms with Gasteiger partial charge in [-0.05, 0) is 12.1 Å². The highest BCUT2D eigenvalue weighted by Crippen LogP contribution is 2.27. The predicted octanol–water partition coefficient (Wildman–Crippen LogP) is 1.93. The van der Waals surface area contributed by atoms with E-state index in [1.165, 1.54) is 37.3 Å². The lowest BCUT2D eigenvalue weighted by atomic mass is 10.1. The van der Waals surface area contributed by atoms with Gasteiger partial charge in [0.05, 0.1) is 24.0 Å². The molecule has 0 spiro atoms. The summed E-state index contributed by atoms with van der Waals surface area (Å²) in [5, 5.41) is 10.6. The van der Waals surface area contributed by atoms with Crippen molar-refractivity contribution in [2.45, 2.75) is 5.38 Å². The molecular formula is C13H17ClN2O5. The van der Waals surface area contributed by atoms with Gasteiger partial charge in [0.15, 0.2) is 5.75 Å². The Morgan fingerprint density at radius 2 is 2.14 bits per heavy atom. The number of carbonyl (C=O) groups is 1. The molecule has 0 aromatic heterocycles. The Kier molecular flexibility index (Phi) is 6.39. The first-order chi connectivity index (χ1) is 9.90. The molecule has 0 radical (unpaired) electrons. The highest BCUT2D eigenvalue weighted by Gasteiger charge is 2.21. The number of amides is 1. The Morgan fingerprint density at radius 1 is 1.48 bits per heavy atom. The van der Waals surface area contributed by atoms with Crippen LogP contribution in [-0.4, -0.2) is 55.5 Å². The van der Waals surface area contributed by atoms with E-state index in [0.717, 1.165) is 0 Å². The SMILES string of the molecule is COCC(Cl)CN(C)C(=O)c1ccc(OC)c([N+](=O)[O-])c1. The molecule has 0 heterocycles. The fourth-order valence-corrected chi connectivity index (χ4v) is 2.13. The normalized spacial score (nSPS) is 11.8. The van der Waals surface area contributed by atoms with Crippen molar-refractivity contribution in [1.29, 1.82) is 0 Å². The number of carbonyl (C=O) groups excluding carboxylic acids is 1. The number of nitro groups is 1. The molecule has 0 aliphatic rings. The van der Waals surface area contributed by atoms with Gasteiger partial charge in [-0.25, -0.2) is 0 Å². The molecule has 0 saturated heterocycles. The zero-order valence-corrected chi connectivity index (χ0v) is 12.8. The third kappa shape index (κ3) is 4.57. The second-order valence-corrected chi connectivity index (χ2v) is 5.00. The van der Waals surface area contributed by atoms with Crippen LogP contribution in [0.15, 0.2) is 18.2 Å². The molecule has 7 nitrogen and oxygen atoms in total.